The molecule has 1 aliphatic carbocycles. The Bertz CT molecular complexity index is 1240. The van der Waals surface area contributed by atoms with Crippen LogP contribution >= 0.6 is 11.3 Å². The Morgan fingerprint density at radius 3 is 2.58 bits per heavy atom. The Labute approximate surface area is 213 Å². The zero-order valence-corrected chi connectivity index (χ0v) is 21.1. The lowest BCUT2D eigenvalue weighted by Gasteiger charge is -2.37. The fraction of sp³-hybridized carbons (Fsp3) is 0.480. The number of hydrogen-bond donors (Lipinski definition) is 3. The van der Waals surface area contributed by atoms with Crippen molar-refractivity contribution in [2.75, 3.05) is 30.5 Å². The van der Waals surface area contributed by atoms with Gasteiger partial charge in [-0.15, -0.1) is 11.3 Å². The molecule has 2 fully saturated rings. The van der Waals surface area contributed by atoms with Crippen LogP contribution in [0.15, 0.2) is 29.9 Å². The Hall–Kier alpha value is -3.31. The maximum Gasteiger partial charge on any atom is 0.252 e. The summed E-state index contributed by atoms with van der Waals surface area (Å²) in [5, 5.41) is 6.29. The topological polar surface area (TPSA) is 135 Å². The normalized spacial score (nSPS) is 20.7. The van der Waals surface area contributed by atoms with E-state index in [-0.39, 0.29) is 23.9 Å². The van der Waals surface area contributed by atoms with Crippen LogP contribution in [0.3, 0.4) is 0 Å². The molecule has 4 heterocycles. The first-order valence-electron chi connectivity index (χ1n) is 12.4. The summed E-state index contributed by atoms with van der Waals surface area (Å²) in [4.78, 5) is 41.3. The number of rotatable bonds is 7. The van der Waals surface area contributed by atoms with Crippen LogP contribution in [0.5, 0.6) is 0 Å². The number of nitrogens with one attached hydrogen (secondary N) is 2. The van der Waals surface area contributed by atoms with E-state index in [0.717, 1.165) is 54.7 Å². The van der Waals surface area contributed by atoms with Crippen molar-refractivity contribution in [2.24, 2.45) is 11.7 Å². The fourth-order valence-corrected chi connectivity index (χ4v) is 5.77. The van der Waals surface area contributed by atoms with Gasteiger partial charge in [-0.2, -0.15) is 0 Å². The number of carbonyl (C=O) groups is 2. The van der Waals surface area contributed by atoms with Crippen LogP contribution in [0.1, 0.15) is 48.9 Å². The van der Waals surface area contributed by atoms with Crippen LogP contribution in [-0.2, 0) is 9.53 Å². The van der Waals surface area contributed by atoms with Crippen molar-refractivity contribution >= 4 is 50.8 Å². The Kier molecular flexibility index (Phi) is 7.28. The third-order valence-electron chi connectivity index (χ3n) is 7.09. The van der Waals surface area contributed by atoms with Crippen LogP contribution in [0, 0.1) is 5.92 Å². The number of pyridine rings is 2. The van der Waals surface area contributed by atoms with Gasteiger partial charge in [-0.25, -0.2) is 15.0 Å². The van der Waals surface area contributed by atoms with Crippen molar-refractivity contribution in [3.8, 4) is 0 Å². The molecule has 3 aromatic rings. The number of nitrogens with two attached hydrogens (primary N) is 1. The maximum atomic E-state index is 12.2. The molecule has 5 rings (SSSR count). The van der Waals surface area contributed by atoms with Gasteiger partial charge >= 0.3 is 0 Å². The van der Waals surface area contributed by atoms with Crippen molar-refractivity contribution < 1.29 is 14.3 Å². The van der Waals surface area contributed by atoms with Gasteiger partial charge in [-0.1, -0.05) is 0 Å². The molecule has 1 saturated carbocycles. The predicted octanol–water partition coefficient (Wildman–Crippen LogP) is 3.22. The van der Waals surface area contributed by atoms with Crippen molar-refractivity contribution in [3.63, 3.8) is 0 Å². The van der Waals surface area contributed by atoms with Gasteiger partial charge in [0.05, 0.1) is 16.8 Å². The Morgan fingerprint density at radius 1 is 1.08 bits per heavy atom. The molecule has 2 aliphatic rings. The largest absolute Gasteiger partial charge is 0.381 e. The predicted molar refractivity (Wildman–Crippen MR) is 140 cm³/mol. The molecule has 0 aromatic carbocycles. The van der Waals surface area contributed by atoms with Gasteiger partial charge < -0.3 is 26.0 Å². The van der Waals surface area contributed by atoms with Crippen LogP contribution in [-0.4, -0.2) is 59.1 Å². The molecule has 10 nitrogen and oxygen atoms in total. The number of hydrogen-bond acceptors (Lipinski definition) is 9. The van der Waals surface area contributed by atoms with Gasteiger partial charge in [0.25, 0.3) is 5.91 Å². The molecule has 4 N–H and O–H groups in total. The van der Waals surface area contributed by atoms with E-state index in [1.165, 1.54) is 11.3 Å². The molecule has 11 heteroatoms. The monoisotopic (exact) mass is 509 g/mol. The summed E-state index contributed by atoms with van der Waals surface area (Å²) in [5.41, 5.74) is 9.36. The van der Waals surface area contributed by atoms with E-state index >= 15 is 0 Å². The minimum absolute atomic E-state index is 0.0148. The summed E-state index contributed by atoms with van der Waals surface area (Å²) in [6, 6.07) is 6.12. The van der Waals surface area contributed by atoms with Crippen LogP contribution < -0.4 is 21.3 Å². The van der Waals surface area contributed by atoms with Crippen molar-refractivity contribution in [3.05, 3.63) is 35.5 Å². The van der Waals surface area contributed by atoms with E-state index in [1.54, 1.807) is 18.8 Å². The van der Waals surface area contributed by atoms with Gasteiger partial charge in [0, 0.05) is 50.5 Å². The van der Waals surface area contributed by atoms with E-state index in [2.05, 4.69) is 25.5 Å². The first-order chi connectivity index (χ1) is 17.5. The third-order valence-corrected chi connectivity index (χ3v) is 7.82. The Morgan fingerprint density at radius 2 is 1.86 bits per heavy atom. The molecular formula is C25H31N7O3S. The summed E-state index contributed by atoms with van der Waals surface area (Å²) in [6.07, 6.45) is 6.48. The second kappa shape index (κ2) is 10.8. The van der Waals surface area contributed by atoms with E-state index in [4.69, 9.17) is 15.5 Å². The molecule has 0 radical (unpaired) electrons. The highest BCUT2D eigenvalue weighted by Gasteiger charge is 2.32. The van der Waals surface area contributed by atoms with E-state index in [1.807, 2.05) is 18.2 Å². The molecule has 0 bridgehead atoms. The van der Waals surface area contributed by atoms with Crippen LogP contribution in [0.4, 0.5) is 17.3 Å². The molecule has 1 aliphatic heterocycles. The Balaban J connectivity index is 1.51. The number of anilines is 3. The number of carbonyl (C=O) groups excluding carboxylic acids is 2. The van der Waals surface area contributed by atoms with Crippen molar-refractivity contribution in [1.82, 2.24) is 20.3 Å². The average Bonchev–Trinajstić information content (AvgIpc) is 3.37. The quantitative estimate of drug-likeness (QED) is 0.442. The minimum Gasteiger partial charge on any atom is -0.381 e. The molecule has 1 saturated heterocycles. The van der Waals surface area contributed by atoms with Crippen molar-refractivity contribution in [1.29, 1.82) is 0 Å². The smallest absolute Gasteiger partial charge is 0.252 e. The average molecular weight is 510 g/mol. The summed E-state index contributed by atoms with van der Waals surface area (Å²) in [7, 11) is 1.69. The molecule has 0 atom stereocenters. The maximum absolute atomic E-state index is 12.2. The van der Waals surface area contributed by atoms with E-state index in [9.17, 15) is 9.59 Å². The van der Waals surface area contributed by atoms with Crippen LogP contribution in [0.2, 0.25) is 0 Å². The van der Waals surface area contributed by atoms with Crippen molar-refractivity contribution in [2.45, 2.75) is 50.6 Å². The number of fused-ring (bicyclic) bond motifs is 1. The van der Waals surface area contributed by atoms with Gasteiger partial charge in [0.1, 0.15) is 22.0 Å². The number of thiazole rings is 1. The summed E-state index contributed by atoms with van der Waals surface area (Å²) >= 11 is 1.49. The van der Waals surface area contributed by atoms with E-state index < -0.39 is 5.91 Å². The molecule has 36 heavy (non-hydrogen) atoms. The van der Waals surface area contributed by atoms with Gasteiger partial charge in [-0.3, -0.25) is 9.59 Å². The lowest BCUT2D eigenvalue weighted by molar-refractivity contribution is -0.125. The highest BCUT2D eigenvalue weighted by molar-refractivity contribution is 7.16. The zero-order valence-electron chi connectivity index (χ0n) is 20.3. The van der Waals surface area contributed by atoms with Gasteiger partial charge in [0.15, 0.2) is 0 Å². The first kappa shape index (κ1) is 24.4. The summed E-state index contributed by atoms with van der Waals surface area (Å²) in [5.74, 6) is 1.04. The number of nitrogens with zero attached hydrogens (tertiary/aromatic N) is 4. The number of aromatic nitrogens is 3. The number of ether oxygens (including phenoxy) is 1. The lowest BCUT2D eigenvalue weighted by atomic mass is 9.84. The summed E-state index contributed by atoms with van der Waals surface area (Å²) < 4.78 is 5.48. The van der Waals surface area contributed by atoms with Crippen LogP contribution in [0.25, 0.3) is 10.3 Å². The minimum atomic E-state index is -0.523. The second-order valence-corrected chi connectivity index (χ2v) is 10.2. The van der Waals surface area contributed by atoms with Gasteiger partial charge in [0.2, 0.25) is 5.91 Å². The first-order valence-corrected chi connectivity index (χ1v) is 13.3. The zero-order chi connectivity index (χ0) is 25.1. The fourth-order valence-electron chi connectivity index (χ4n) is 5.12. The van der Waals surface area contributed by atoms with Gasteiger partial charge in [-0.05, 0) is 50.7 Å². The SMILES string of the molecule is CNC(=O)C1CCC(N(c2cc(NC3CCOCC3)c(C(N)=O)cn2)c2ccc3ncsc3n2)CC1. The molecule has 2 amide bonds. The standard InChI is InChI=1S/C25H31N7O3S/c1-27-24(34)15-2-4-17(5-3-15)32(21-7-6-19-25(31-21)36-14-29-19)22-12-20(18(13-28-22)23(26)33)30-16-8-10-35-11-9-16/h6-7,12-17H,2-5,8-11H2,1H3,(H2,26,33)(H,27,34)(H,28,30). The highest BCUT2D eigenvalue weighted by Crippen LogP contribution is 2.37. The van der Waals surface area contributed by atoms with E-state index in [0.29, 0.717) is 30.3 Å². The molecule has 3 aromatic heterocycles. The molecule has 190 valence electrons. The molecular weight excluding hydrogens is 478 g/mol. The summed E-state index contributed by atoms with van der Waals surface area (Å²) in [6.45, 7) is 1.36. The second-order valence-electron chi connectivity index (χ2n) is 9.32. The molecule has 0 unspecified atom stereocenters. The lowest BCUT2D eigenvalue weighted by Crippen LogP contribution is -2.39. The number of primary amides is 1. The molecule has 0 spiro atoms. The highest BCUT2D eigenvalue weighted by atomic mass is 32.1. The number of amides is 2. The third kappa shape index (κ3) is 5.12.